The Morgan fingerprint density at radius 2 is 2.00 bits per heavy atom. The Bertz CT molecular complexity index is 347. The van der Waals surface area contributed by atoms with Crippen LogP contribution in [0.1, 0.15) is 37.9 Å². The molecule has 1 heterocycles. The number of ether oxygens (including phenoxy) is 2. The molecule has 1 aliphatic heterocycles. The number of unbranched alkanes of at least 4 members (excludes halogenated alkanes) is 1. The fourth-order valence-corrected chi connectivity index (χ4v) is 1.77. The van der Waals surface area contributed by atoms with E-state index in [1.807, 2.05) is 30.3 Å². The molecule has 0 aliphatic carbocycles. The molecule has 0 radical (unpaired) electrons. The highest BCUT2D eigenvalue weighted by Crippen LogP contribution is 2.29. The second kappa shape index (κ2) is 5.12. The van der Waals surface area contributed by atoms with E-state index in [1.54, 1.807) is 0 Å². The average molecular weight is 220 g/mol. The van der Waals surface area contributed by atoms with Crippen molar-refractivity contribution in [1.29, 1.82) is 0 Å². The van der Waals surface area contributed by atoms with Gasteiger partial charge in [0.25, 0.3) is 0 Å². The van der Waals surface area contributed by atoms with Crippen LogP contribution < -0.4 is 0 Å². The van der Waals surface area contributed by atoms with Crippen LogP contribution in [-0.4, -0.2) is 12.3 Å². The number of rotatable bonds is 4. The van der Waals surface area contributed by atoms with Crippen LogP contribution in [0.15, 0.2) is 30.3 Å². The normalized spacial score (nSPS) is 24.4. The molecule has 0 saturated carbocycles. The molecule has 0 unspecified atom stereocenters. The van der Waals surface area contributed by atoms with E-state index in [0.717, 1.165) is 24.8 Å². The van der Waals surface area contributed by atoms with Crippen LogP contribution in [0.5, 0.6) is 0 Å². The Morgan fingerprint density at radius 1 is 1.25 bits per heavy atom. The molecule has 0 amide bonds. The molecule has 3 heteroatoms. The second-order valence-electron chi connectivity index (χ2n) is 3.94. The molecule has 2 atom stereocenters. The first-order valence-electron chi connectivity index (χ1n) is 5.72. The molecule has 3 nitrogen and oxygen atoms in total. The van der Waals surface area contributed by atoms with Gasteiger partial charge in [0, 0.05) is 6.42 Å². The Morgan fingerprint density at radius 3 is 2.69 bits per heavy atom. The topological polar surface area (TPSA) is 35.5 Å². The molecule has 0 bridgehead atoms. The SMILES string of the molecule is CCCC[C@H]1OC(=O)[C@@H](c2ccccc2)O1. The molecular formula is C13H16O3. The van der Waals surface area contributed by atoms with Crippen LogP contribution in [0.25, 0.3) is 0 Å². The lowest BCUT2D eigenvalue weighted by Crippen LogP contribution is -2.07. The molecule has 0 aromatic heterocycles. The lowest BCUT2D eigenvalue weighted by Gasteiger charge is -2.08. The Balaban J connectivity index is 2.00. The summed E-state index contributed by atoms with van der Waals surface area (Å²) in [6, 6.07) is 9.47. The van der Waals surface area contributed by atoms with E-state index in [-0.39, 0.29) is 12.3 Å². The smallest absolute Gasteiger partial charge is 0.342 e. The van der Waals surface area contributed by atoms with Crippen LogP contribution in [0, 0.1) is 0 Å². The third-order valence-corrected chi connectivity index (χ3v) is 2.65. The van der Waals surface area contributed by atoms with E-state index in [9.17, 15) is 4.79 Å². The van der Waals surface area contributed by atoms with E-state index in [1.165, 1.54) is 0 Å². The molecule has 1 aromatic rings. The van der Waals surface area contributed by atoms with E-state index >= 15 is 0 Å². The van der Waals surface area contributed by atoms with Gasteiger partial charge in [0.1, 0.15) is 0 Å². The standard InChI is InChI=1S/C13H16O3/c1-2-3-9-11-15-12(13(14)16-11)10-7-5-4-6-8-10/h4-8,11-12H,2-3,9H2,1H3/t11-,12-/m1/s1. The molecule has 1 saturated heterocycles. The number of hydrogen-bond donors (Lipinski definition) is 0. The van der Waals surface area contributed by atoms with E-state index in [2.05, 4.69) is 6.92 Å². The van der Waals surface area contributed by atoms with Crippen molar-refractivity contribution in [3.05, 3.63) is 35.9 Å². The predicted molar refractivity (Wildman–Crippen MR) is 59.7 cm³/mol. The van der Waals surface area contributed by atoms with Gasteiger partial charge < -0.3 is 9.47 Å². The van der Waals surface area contributed by atoms with Crippen LogP contribution in [0.4, 0.5) is 0 Å². The fraction of sp³-hybridized carbons (Fsp3) is 0.462. The zero-order valence-corrected chi connectivity index (χ0v) is 9.39. The van der Waals surface area contributed by atoms with Crippen LogP contribution in [-0.2, 0) is 14.3 Å². The first-order chi connectivity index (χ1) is 7.81. The maximum absolute atomic E-state index is 11.6. The van der Waals surface area contributed by atoms with Gasteiger partial charge in [-0.05, 0) is 12.0 Å². The fourth-order valence-electron chi connectivity index (χ4n) is 1.77. The molecule has 0 spiro atoms. The van der Waals surface area contributed by atoms with Crippen molar-refractivity contribution in [2.45, 2.75) is 38.6 Å². The highest BCUT2D eigenvalue weighted by Gasteiger charge is 2.35. The highest BCUT2D eigenvalue weighted by atomic mass is 16.7. The molecule has 16 heavy (non-hydrogen) atoms. The first-order valence-corrected chi connectivity index (χ1v) is 5.72. The van der Waals surface area contributed by atoms with Crippen molar-refractivity contribution in [3.8, 4) is 0 Å². The Labute approximate surface area is 95.4 Å². The summed E-state index contributed by atoms with van der Waals surface area (Å²) in [6.45, 7) is 2.10. The van der Waals surface area contributed by atoms with Crippen LogP contribution in [0.3, 0.4) is 0 Å². The summed E-state index contributed by atoms with van der Waals surface area (Å²) in [5.41, 5.74) is 0.867. The van der Waals surface area contributed by atoms with Gasteiger partial charge in [-0.2, -0.15) is 0 Å². The molecule has 1 aromatic carbocycles. The van der Waals surface area contributed by atoms with Crippen molar-refractivity contribution in [1.82, 2.24) is 0 Å². The van der Waals surface area contributed by atoms with Gasteiger partial charge in [-0.1, -0.05) is 43.7 Å². The molecule has 86 valence electrons. The number of carbonyl (C=O) groups excluding carboxylic acids is 1. The molecular weight excluding hydrogens is 204 g/mol. The molecule has 0 N–H and O–H groups in total. The van der Waals surface area contributed by atoms with E-state index in [4.69, 9.17) is 9.47 Å². The lowest BCUT2D eigenvalue weighted by atomic mass is 10.1. The van der Waals surface area contributed by atoms with Gasteiger partial charge in [-0.15, -0.1) is 0 Å². The van der Waals surface area contributed by atoms with Gasteiger partial charge >= 0.3 is 5.97 Å². The van der Waals surface area contributed by atoms with Gasteiger partial charge in [0.05, 0.1) is 0 Å². The predicted octanol–water partition coefficient (Wildman–Crippen LogP) is 2.82. The summed E-state index contributed by atoms with van der Waals surface area (Å²) in [5.74, 6) is -0.271. The van der Waals surface area contributed by atoms with Crippen LogP contribution in [0.2, 0.25) is 0 Å². The zero-order valence-electron chi connectivity index (χ0n) is 9.39. The van der Waals surface area contributed by atoms with Crippen molar-refractivity contribution in [3.63, 3.8) is 0 Å². The summed E-state index contributed by atoms with van der Waals surface area (Å²) in [4.78, 5) is 11.6. The van der Waals surface area contributed by atoms with Crippen LogP contribution >= 0.6 is 0 Å². The van der Waals surface area contributed by atoms with E-state index < -0.39 is 6.10 Å². The van der Waals surface area contributed by atoms with Crippen molar-refractivity contribution in [2.75, 3.05) is 0 Å². The average Bonchev–Trinajstić information content (AvgIpc) is 2.69. The Kier molecular flexibility index (Phi) is 3.57. The highest BCUT2D eigenvalue weighted by molar-refractivity contribution is 5.77. The number of esters is 1. The second-order valence-corrected chi connectivity index (χ2v) is 3.94. The number of benzene rings is 1. The molecule has 1 fully saturated rings. The number of carbonyl (C=O) groups is 1. The lowest BCUT2D eigenvalue weighted by molar-refractivity contribution is -0.144. The Hall–Kier alpha value is -1.35. The summed E-state index contributed by atoms with van der Waals surface area (Å²) < 4.78 is 10.8. The van der Waals surface area contributed by atoms with Gasteiger partial charge in [0.15, 0.2) is 6.10 Å². The number of cyclic esters (lactones) is 1. The van der Waals surface area contributed by atoms with Gasteiger partial charge in [-0.25, -0.2) is 4.79 Å². The number of hydrogen-bond acceptors (Lipinski definition) is 3. The van der Waals surface area contributed by atoms with E-state index in [0.29, 0.717) is 0 Å². The quantitative estimate of drug-likeness (QED) is 0.732. The summed E-state index contributed by atoms with van der Waals surface area (Å²) in [7, 11) is 0. The minimum Gasteiger partial charge on any atom is -0.434 e. The van der Waals surface area contributed by atoms with Gasteiger partial charge in [0.2, 0.25) is 6.29 Å². The summed E-state index contributed by atoms with van der Waals surface area (Å²) >= 11 is 0. The van der Waals surface area contributed by atoms with Crippen molar-refractivity contribution >= 4 is 5.97 Å². The maximum Gasteiger partial charge on any atom is 0.342 e. The molecule has 1 aliphatic rings. The largest absolute Gasteiger partial charge is 0.434 e. The minimum atomic E-state index is -0.539. The molecule has 2 rings (SSSR count). The third-order valence-electron chi connectivity index (χ3n) is 2.65. The monoisotopic (exact) mass is 220 g/mol. The first kappa shape index (κ1) is 11.1. The minimum absolute atomic E-state index is 0.271. The maximum atomic E-state index is 11.6. The van der Waals surface area contributed by atoms with Crippen molar-refractivity contribution in [2.24, 2.45) is 0 Å². The van der Waals surface area contributed by atoms with Crippen molar-refractivity contribution < 1.29 is 14.3 Å². The van der Waals surface area contributed by atoms with Gasteiger partial charge in [-0.3, -0.25) is 0 Å². The summed E-state index contributed by atoms with van der Waals surface area (Å²) in [5, 5.41) is 0. The third kappa shape index (κ3) is 2.42. The zero-order chi connectivity index (χ0) is 11.4. The summed E-state index contributed by atoms with van der Waals surface area (Å²) in [6.07, 6.45) is 1.97.